The van der Waals surface area contributed by atoms with Crippen molar-refractivity contribution in [3.63, 3.8) is 0 Å². The molecule has 0 heterocycles. The Morgan fingerprint density at radius 3 is 1.09 bits per heavy atom. The molecular formula is C21H45N. The van der Waals surface area contributed by atoms with Crippen LogP contribution in [0.3, 0.4) is 0 Å². The van der Waals surface area contributed by atoms with Crippen molar-refractivity contribution < 1.29 is 0 Å². The minimum Gasteiger partial charge on any atom is -0.317 e. The lowest BCUT2D eigenvalue weighted by Crippen LogP contribution is -2.16. The lowest BCUT2D eigenvalue weighted by Gasteiger charge is -2.04. The third-order valence-electron chi connectivity index (χ3n) is 4.66. The van der Waals surface area contributed by atoms with Gasteiger partial charge in [0.2, 0.25) is 0 Å². The summed E-state index contributed by atoms with van der Waals surface area (Å²) in [5, 5.41) is 3.53. The monoisotopic (exact) mass is 311 g/mol. The van der Waals surface area contributed by atoms with Gasteiger partial charge in [-0.3, -0.25) is 0 Å². The zero-order valence-corrected chi connectivity index (χ0v) is 15.9. The van der Waals surface area contributed by atoms with E-state index in [1.807, 2.05) is 0 Å². The van der Waals surface area contributed by atoms with Gasteiger partial charge in [0.1, 0.15) is 0 Å². The van der Waals surface area contributed by atoms with E-state index in [-0.39, 0.29) is 0 Å². The molecule has 0 aromatic heterocycles. The normalized spacial score (nSPS) is 11.2. The van der Waals surface area contributed by atoms with Crippen LogP contribution in [-0.4, -0.2) is 13.1 Å². The largest absolute Gasteiger partial charge is 0.317 e. The molecule has 1 N–H and O–H groups in total. The standard InChI is InChI=1S/C21H45N/c1-3-5-7-8-9-10-11-12-13-14-15-16-17-18-19-21-22-20-6-4-2/h22H,3-21H2,1-2H3. The average molecular weight is 312 g/mol. The fraction of sp³-hybridized carbons (Fsp3) is 1.00. The molecule has 0 fully saturated rings. The Morgan fingerprint density at radius 1 is 0.364 bits per heavy atom. The van der Waals surface area contributed by atoms with Crippen molar-refractivity contribution in [2.24, 2.45) is 0 Å². The lowest BCUT2D eigenvalue weighted by molar-refractivity contribution is 0.526. The summed E-state index contributed by atoms with van der Waals surface area (Å²) in [6.07, 6.45) is 24.5. The molecule has 0 bridgehead atoms. The molecule has 134 valence electrons. The molecule has 0 spiro atoms. The Bertz CT molecular complexity index is 159. The second kappa shape index (κ2) is 21.0. The Morgan fingerprint density at radius 2 is 0.682 bits per heavy atom. The first kappa shape index (κ1) is 22.0. The van der Waals surface area contributed by atoms with Crippen LogP contribution in [0.4, 0.5) is 0 Å². The Hall–Kier alpha value is -0.0400. The Balaban J connectivity index is 2.91. The van der Waals surface area contributed by atoms with Crippen LogP contribution < -0.4 is 5.32 Å². The van der Waals surface area contributed by atoms with Gasteiger partial charge in [-0.05, 0) is 25.9 Å². The van der Waals surface area contributed by atoms with Gasteiger partial charge in [0, 0.05) is 0 Å². The van der Waals surface area contributed by atoms with Gasteiger partial charge in [0.05, 0.1) is 0 Å². The first-order valence-corrected chi connectivity index (χ1v) is 10.6. The molecule has 0 aliphatic carbocycles. The molecule has 0 atom stereocenters. The van der Waals surface area contributed by atoms with Gasteiger partial charge in [-0.2, -0.15) is 0 Å². The van der Waals surface area contributed by atoms with Crippen LogP contribution in [0.1, 0.15) is 123 Å². The van der Waals surface area contributed by atoms with E-state index < -0.39 is 0 Å². The molecule has 1 nitrogen and oxygen atoms in total. The van der Waals surface area contributed by atoms with Crippen molar-refractivity contribution >= 4 is 0 Å². The van der Waals surface area contributed by atoms with Crippen molar-refractivity contribution in [1.29, 1.82) is 0 Å². The van der Waals surface area contributed by atoms with E-state index in [1.54, 1.807) is 0 Å². The van der Waals surface area contributed by atoms with E-state index in [0.29, 0.717) is 0 Å². The maximum Gasteiger partial charge on any atom is -0.00489 e. The molecule has 0 aliphatic heterocycles. The molecule has 0 amide bonds. The summed E-state index contributed by atoms with van der Waals surface area (Å²) >= 11 is 0. The van der Waals surface area contributed by atoms with Gasteiger partial charge >= 0.3 is 0 Å². The van der Waals surface area contributed by atoms with Crippen LogP contribution >= 0.6 is 0 Å². The molecule has 0 saturated carbocycles. The molecule has 0 aliphatic rings. The minimum atomic E-state index is 1.22. The molecule has 0 unspecified atom stereocenters. The van der Waals surface area contributed by atoms with Crippen LogP contribution in [0.5, 0.6) is 0 Å². The molecule has 0 rings (SSSR count). The minimum absolute atomic E-state index is 1.22. The average Bonchev–Trinajstić information content (AvgIpc) is 2.54. The number of nitrogens with one attached hydrogen (secondary N) is 1. The van der Waals surface area contributed by atoms with Crippen LogP contribution in [0, 0.1) is 0 Å². The van der Waals surface area contributed by atoms with Crippen LogP contribution in [-0.2, 0) is 0 Å². The molecule has 22 heavy (non-hydrogen) atoms. The summed E-state index contributed by atoms with van der Waals surface area (Å²) in [7, 11) is 0. The van der Waals surface area contributed by atoms with E-state index >= 15 is 0 Å². The number of rotatable bonds is 19. The van der Waals surface area contributed by atoms with Crippen molar-refractivity contribution in [1.82, 2.24) is 5.32 Å². The summed E-state index contributed by atoms with van der Waals surface area (Å²) in [4.78, 5) is 0. The zero-order valence-electron chi connectivity index (χ0n) is 15.9. The third kappa shape index (κ3) is 20.0. The molecule has 0 radical (unpaired) electrons. The predicted octanol–water partition coefficient (Wildman–Crippen LogP) is 7.25. The van der Waals surface area contributed by atoms with E-state index in [0.717, 1.165) is 0 Å². The highest BCUT2D eigenvalue weighted by molar-refractivity contribution is 4.51. The summed E-state index contributed by atoms with van der Waals surface area (Å²) < 4.78 is 0. The third-order valence-corrected chi connectivity index (χ3v) is 4.66. The van der Waals surface area contributed by atoms with Gasteiger partial charge in [-0.1, -0.05) is 110 Å². The molecule has 0 aromatic rings. The van der Waals surface area contributed by atoms with E-state index in [4.69, 9.17) is 0 Å². The first-order chi connectivity index (χ1) is 10.9. The van der Waals surface area contributed by atoms with Crippen molar-refractivity contribution in [2.75, 3.05) is 13.1 Å². The maximum absolute atomic E-state index is 3.53. The Labute approximate surface area is 142 Å². The van der Waals surface area contributed by atoms with Gasteiger partial charge < -0.3 is 5.32 Å². The maximum atomic E-state index is 3.53. The fourth-order valence-corrected chi connectivity index (χ4v) is 3.05. The number of unbranched alkanes of at least 4 members (excludes halogenated alkanes) is 15. The van der Waals surface area contributed by atoms with Crippen molar-refractivity contribution in [2.45, 2.75) is 123 Å². The van der Waals surface area contributed by atoms with Crippen molar-refractivity contribution in [3.8, 4) is 0 Å². The van der Waals surface area contributed by atoms with Gasteiger partial charge in [0.15, 0.2) is 0 Å². The summed E-state index contributed by atoms with van der Waals surface area (Å²) in [6.45, 7) is 7.01. The lowest BCUT2D eigenvalue weighted by atomic mass is 10.0. The first-order valence-electron chi connectivity index (χ1n) is 10.6. The summed E-state index contributed by atoms with van der Waals surface area (Å²) in [5.74, 6) is 0. The van der Waals surface area contributed by atoms with E-state index in [9.17, 15) is 0 Å². The molecule has 1 heteroatoms. The molecule has 0 saturated heterocycles. The SMILES string of the molecule is CCCCCCCCCCCCCCCCCNCCCC. The van der Waals surface area contributed by atoms with Crippen molar-refractivity contribution in [3.05, 3.63) is 0 Å². The highest BCUT2D eigenvalue weighted by Gasteiger charge is 1.94. The second-order valence-corrected chi connectivity index (χ2v) is 7.05. The van der Waals surface area contributed by atoms with Gasteiger partial charge in [0.25, 0.3) is 0 Å². The van der Waals surface area contributed by atoms with Crippen LogP contribution in [0.25, 0.3) is 0 Å². The highest BCUT2D eigenvalue weighted by Crippen LogP contribution is 2.13. The zero-order chi connectivity index (χ0) is 16.1. The predicted molar refractivity (Wildman–Crippen MR) is 103 cm³/mol. The number of hydrogen-bond acceptors (Lipinski definition) is 1. The van der Waals surface area contributed by atoms with E-state index in [1.165, 1.54) is 122 Å². The summed E-state index contributed by atoms with van der Waals surface area (Å²) in [6, 6.07) is 0. The van der Waals surface area contributed by atoms with E-state index in [2.05, 4.69) is 19.2 Å². The summed E-state index contributed by atoms with van der Waals surface area (Å²) in [5.41, 5.74) is 0. The smallest absolute Gasteiger partial charge is 0.00489 e. The van der Waals surface area contributed by atoms with Crippen LogP contribution in [0.2, 0.25) is 0 Å². The highest BCUT2D eigenvalue weighted by atomic mass is 14.8. The molecular weight excluding hydrogens is 266 g/mol. The number of hydrogen-bond donors (Lipinski definition) is 1. The molecule has 0 aromatic carbocycles. The van der Waals surface area contributed by atoms with Crippen LogP contribution in [0.15, 0.2) is 0 Å². The second-order valence-electron chi connectivity index (χ2n) is 7.05. The Kier molecular flexibility index (Phi) is 20.9. The fourth-order valence-electron chi connectivity index (χ4n) is 3.05. The van der Waals surface area contributed by atoms with Gasteiger partial charge in [-0.25, -0.2) is 0 Å². The van der Waals surface area contributed by atoms with Gasteiger partial charge in [-0.15, -0.1) is 0 Å². The quantitative estimate of drug-likeness (QED) is 0.248. The topological polar surface area (TPSA) is 12.0 Å².